The van der Waals surface area contributed by atoms with Gasteiger partial charge in [0.05, 0.1) is 5.52 Å². The van der Waals surface area contributed by atoms with Crippen molar-refractivity contribution in [1.82, 2.24) is 15.6 Å². The quantitative estimate of drug-likeness (QED) is 0.499. The Morgan fingerprint density at radius 3 is 2.63 bits per heavy atom. The van der Waals surface area contributed by atoms with Crippen LogP contribution in [0.3, 0.4) is 0 Å². The van der Waals surface area contributed by atoms with Crippen LogP contribution in [0.2, 0.25) is 0 Å². The van der Waals surface area contributed by atoms with Gasteiger partial charge in [0.2, 0.25) is 0 Å². The van der Waals surface area contributed by atoms with Crippen LogP contribution >= 0.6 is 11.8 Å². The van der Waals surface area contributed by atoms with Gasteiger partial charge in [0.1, 0.15) is 0 Å². The monoisotopic (exact) mass is 376 g/mol. The molecule has 0 atom stereocenters. The summed E-state index contributed by atoms with van der Waals surface area (Å²) >= 11 is 1.97. The van der Waals surface area contributed by atoms with Gasteiger partial charge in [-0.25, -0.2) is 0 Å². The molecule has 1 heterocycles. The molecule has 2 N–H and O–H groups in total. The van der Waals surface area contributed by atoms with Crippen molar-refractivity contribution in [3.05, 3.63) is 72.4 Å². The lowest BCUT2D eigenvalue weighted by Crippen LogP contribution is -2.40. The average Bonchev–Trinajstić information content (AvgIpc) is 3.48. The van der Waals surface area contributed by atoms with Crippen LogP contribution in [0.1, 0.15) is 18.4 Å². The number of rotatable bonds is 6. The highest BCUT2D eigenvalue weighted by Gasteiger charge is 2.43. The Kier molecular flexibility index (Phi) is 5.30. The number of para-hydroxylation sites is 1. The van der Waals surface area contributed by atoms with Gasteiger partial charge in [-0.2, -0.15) is 0 Å². The van der Waals surface area contributed by atoms with Gasteiger partial charge in [0, 0.05) is 41.4 Å². The highest BCUT2D eigenvalue weighted by molar-refractivity contribution is 8.01. The smallest absolute Gasteiger partial charge is 0.191 e. The molecule has 1 aliphatic rings. The fourth-order valence-corrected chi connectivity index (χ4v) is 4.39. The normalized spacial score (nSPS) is 15.5. The molecule has 0 saturated heterocycles. The van der Waals surface area contributed by atoms with E-state index in [4.69, 9.17) is 0 Å². The predicted molar refractivity (Wildman–Crippen MR) is 114 cm³/mol. The lowest BCUT2D eigenvalue weighted by atomic mass is 10.1. The maximum atomic E-state index is 4.52. The Morgan fingerprint density at radius 1 is 1.04 bits per heavy atom. The predicted octanol–water partition coefficient (Wildman–Crippen LogP) is 4.22. The number of pyridine rings is 1. The molecule has 138 valence electrons. The van der Waals surface area contributed by atoms with Crippen molar-refractivity contribution in [3.8, 4) is 0 Å². The largest absolute Gasteiger partial charge is 0.355 e. The molecule has 0 radical (unpaired) electrons. The summed E-state index contributed by atoms with van der Waals surface area (Å²) in [6.07, 6.45) is 4.32. The van der Waals surface area contributed by atoms with Crippen molar-refractivity contribution in [2.75, 3.05) is 13.6 Å². The molecule has 0 spiro atoms. The summed E-state index contributed by atoms with van der Waals surface area (Å²) < 4.78 is 0.292. The number of aromatic nitrogens is 1. The summed E-state index contributed by atoms with van der Waals surface area (Å²) in [5.41, 5.74) is 2.22. The highest BCUT2D eigenvalue weighted by Crippen LogP contribution is 2.51. The highest BCUT2D eigenvalue weighted by atomic mass is 32.2. The van der Waals surface area contributed by atoms with E-state index < -0.39 is 0 Å². The number of nitrogens with one attached hydrogen (secondary N) is 2. The molecule has 0 amide bonds. The van der Waals surface area contributed by atoms with Gasteiger partial charge in [0.25, 0.3) is 0 Å². The number of thioether (sulfide) groups is 1. The average molecular weight is 377 g/mol. The fraction of sp³-hybridized carbons (Fsp3) is 0.273. The minimum absolute atomic E-state index is 0.292. The standard InChI is InChI=1S/C22H24N4S/c1-23-21(25-15-18-8-5-7-17-9-6-14-24-20(17)18)26-16-22(12-13-22)27-19-10-3-2-4-11-19/h2-11,14H,12-13,15-16H2,1H3,(H2,23,25,26). The number of hydrogen-bond donors (Lipinski definition) is 2. The Bertz CT molecular complexity index is 930. The van der Waals surface area contributed by atoms with Gasteiger partial charge in [-0.05, 0) is 36.6 Å². The van der Waals surface area contributed by atoms with Crippen molar-refractivity contribution in [3.63, 3.8) is 0 Å². The van der Waals surface area contributed by atoms with Crippen LogP contribution in [-0.4, -0.2) is 29.3 Å². The second-order valence-electron chi connectivity index (χ2n) is 6.87. The Balaban J connectivity index is 1.35. The topological polar surface area (TPSA) is 49.3 Å². The molecule has 1 aliphatic carbocycles. The van der Waals surface area contributed by atoms with Gasteiger partial charge in [0.15, 0.2) is 5.96 Å². The molecule has 2 aromatic carbocycles. The first-order valence-electron chi connectivity index (χ1n) is 9.29. The first kappa shape index (κ1) is 17.9. The second-order valence-corrected chi connectivity index (χ2v) is 8.41. The van der Waals surface area contributed by atoms with Crippen molar-refractivity contribution < 1.29 is 0 Å². The van der Waals surface area contributed by atoms with Gasteiger partial charge in [-0.1, -0.05) is 42.5 Å². The maximum Gasteiger partial charge on any atom is 0.191 e. The van der Waals surface area contributed by atoms with Crippen molar-refractivity contribution in [2.45, 2.75) is 29.0 Å². The number of nitrogens with zero attached hydrogens (tertiary/aromatic N) is 2. The Labute approximate surface area is 164 Å². The summed E-state index contributed by atoms with van der Waals surface area (Å²) in [6, 6.07) is 21.0. The van der Waals surface area contributed by atoms with Crippen LogP contribution in [0.25, 0.3) is 10.9 Å². The molecule has 1 saturated carbocycles. The first-order valence-corrected chi connectivity index (χ1v) is 10.1. The Morgan fingerprint density at radius 2 is 1.85 bits per heavy atom. The number of guanidine groups is 1. The molecule has 3 aromatic rings. The van der Waals surface area contributed by atoms with Crippen LogP contribution in [0, 0.1) is 0 Å². The molecule has 0 aliphatic heterocycles. The van der Waals surface area contributed by atoms with Gasteiger partial charge in [-0.15, -0.1) is 11.8 Å². The van der Waals surface area contributed by atoms with E-state index in [9.17, 15) is 0 Å². The van der Waals surface area contributed by atoms with E-state index in [1.54, 1.807) is 0 Å². The zero-order valence-corrected chi connectivity index (χ0v) is 16.3. The third-order valence-electron chi connectivity index (χ3n) is 4.85. The van der Waals surface area contributed by atoms with E-state index in [1.807, 2.05) is 31.1 Å². The number of benzene rings is 2. The molecular weight excluding hydrogens is 352 g/mol. The van der Waals surface area contributed by atoms with Crippen LogP contribution in [0.15, 0.2) is 76.7 Å². The molecule has 0 unspecified atom stereocenters. The van der Waals surface area contributed by atoms with Crippen LogP contribution in [0.4, 0.5) is 0 Å². The summed E-state index contributed by atoms with van der Waals surface area (Å²) in [6.45, 7) is 1.62. The molecule has 4 rings (SSSR count). The van der Waals surface area contributed by atoms with Gasteiger partial charge in [-0.3, -0.25) is 9.98 Å². The summed E-state index contributed by atoms with van der Waals surface area (Å²) in [4.78, 5) is 10.2. The third kappa shape index (κ3) is 4.42. The molecular formula is C22H24N4S. The number of fused-ring (bicyclic) bond motifs is 1. The molecule has 27 heavy (non-hydrogen) atoms. The maximum absolute atomic E-state index is 4.52. The number of hydrogen-bond acceptors (Lipinski definition) is 3. The molecule has 4 nitrogen and oxygen atoms in total. The summed E-state index contributed by atoms with van der Waals surface area (Å²) in [7, 11) is 1.82. The molecule has 1 aromatic heterocycles. The zero-order chi connectivity index (χ0) is 18.5. The minimum Gasteiger partial charge on any atom is -0.355 e. The van der Waals surface area contributed by atoms with Crippen LogP contribution in [0.5, 0.6) is 0 Å². The minimum atomic E-state index is 0.292. The summed E-state index contributed by atoms with van der Waals surface area (Å²) in [5, 5.41) is 8.10. The van der Waals surface area contributed by atoms with Gasteiger partial charge >= 0.3 is 0 Å². The number of aliphatic imine (C=N–C) groups is 1. The van der Waals surface area contributed by atoms with E-state index in [0.717, 1.165) is 23.4 Å². The first-order chi connectivity index (χ1) is 13.3. The second kappa shape index (κ2) is 8.01. The molecule has 0 bridgehead atoms. The molecule has 5 heteroatoms. The van der Waals surface area contributed by atoms with E-state index in [0.29, 0.717) is 11.3 Å². The third-order valence-corrected chi connectivity index (χ3v) is 6.34. The fourth-order valence-electron chi connectivity index (χ4n) is 3.15. The molecule has 1 fully saturated rings. The van der Waals surface area contributed by atoms with E-state index in [-0.39, 0.29) is 0 Å². The van der Waals surface area contributed by atoms with Crippen LogP contribution < -0.4 is 10.6 Å². The van der Waals surface area contributed by atoms with Crippen molar-refractivity contribution in [2.24, 2.45) is 4.99 Å². The summed E-state index contributed by atoms with van der Waals surface area (Å²) in [5.74, 6) is 0.836. The van der Waals surface area contributed by atoms with E-state index in [1.165, 1.54) is 23.3 Å². The zero-order valence-electron chi connectivity index (χ0n) is 15.5. The van der Waals surface area contributed by atoms with Crippen molar-refractivity contribution in [1.29, 1.82) is 0 Å². The van der Waals surface area contributed by atoms with Crippen LogP contribution in [-0.2, 0) is 6.54 Å². The van der Waals surface area contributed by atoms with Crippen molar-refractivity contribution >= 4 is 28.6 Å². The van der Waals surface area contributed by atoms with Gasteiger partial charge < -0.3 is 10.6 Å². The lowest BCUT2D eigenvalue weighted by Gasteiger charge is -2.18. The SMILES string of the molecule is CN=C(NCc1cccc2cccnc12)NCC1(Sc2ccccc2)CC1. The van der Waals surface area contributed by atoms with E-state index >= 15 is 0 Å². The Hall–Kier alpha value is -2.53. The van der Waals surface area contributed by atoms with E-state index in [2.05, 4.69) is 75.2 Å². The lowest BCUT2D eigenvalue weighted by molar-refractivity contribution is 0.767.